The summed E-state index contributed by atoms with van der Waals surface area (Å²) in [5.74, 6) is 0.829. The Morgan fingerprint density at radius 1 is 1.36 bits per heavy atom. The van der Waals surface area contributed by atoms with E-state index in [-0.39, 0.29) is 11.4 Å². The van der Waals surface area contributed by atoms with Gasteiger partial charge in [0.1, 0.15) is 0 Å². The lowest BCUT2D eigenvalue weighted by atomic mass is 9.99. The highest BCUT2D eigenvalue weighted by molar-refractivity contribution is 5.78. The van der Waals surface area contributed by atoms with Crippen molar-refractivity contribution in [2.45, 2.75) is 59.1 Å². The molecule has 0 radical (unpaired) electrons. The van der Waals surface area contributed by atoms with Crippen LogP contribution in [0.4, 0.5) is 0 Å². The number of aliphatic hydroxyl groups excluding tert-OH is 1. The summed E-state index contributed by atoms with van der Waals surface area (Å²) < 4.78 is 0. The second-order valence-corrected chi connectivity index (χ2v) is 7.76. The molecule has 5 nitrogen and oxygen atoms in total. The molecular weight excluding hydrogens is 278 g/mol. The second-order valence-electron chi connectivity index (χ2n) is 7.76. The van der Waals surface area contributed by atoms with Crippen LogP contribution in [0.15, 0.2) is 0 Å². The number of nitrogens with one attached hydrogen (secondary N) is 1. The third-order valence-corrected chi connectivity index (χ3v) is 4.14. The summed E-state index contributed by atoms with van der Waals surface area (Å²) in [6.07, 6.45) is 2.05. The van der Waals surface area contributed by atoms with E-state index in [9.17, 15) is 9.90 Å². The van der Waals surface area contributed by atoms with Gasteiger partial charge in [-0.05, 0) is 59.2 Å². The SMILES string of the molecule is CCN(CC(=O)NC(C)(C)C)CC(O)CN1CCC(C)CC1. The normalized spacial score (nSPS) is 19.4. The van der Waals surface area contributed by atoms with Crippen LogP contribution in [0.1, 0.15) is 47.5 Å². The summed E-state index contributed by atoms with van der Waals surface area (Å²) in [5.41, 5.74) is -0.209. The lowest BCUT2D eigenvalue weighted by Gasteiger charge is -2.33. The summed E-state index contributed by atoms with van der Waals surface area (Å²) in [6, 6.07) is 0. The first-order valence-corrected chi connectivity index (χ1v) is 8.63. The van der Waals surface area contributed by atoms with Gasteiger partial charge < -0.3 is 15.3 Å². The number of nitrogens with zero attached hydrogens (tertiary/aromatic N) is 2. The zero-order valence-corrected chi connectivity index (χ0v) is 15.1. The standard InChI is InChI=1S/C17H35N3O2/c1-6-19(13-16(22)18-17(3,4)5)11-15(21)12-20-9-7-14(2)8-10-20/h14-15,21H,6-13H2,1-5H3,(H,18,22). The Labute approximate surface area is 136 Å². The van der Waals surface area contributed by atoms with Crippen molar-refractivity contribution in [1.29, 1.82) is 0 Å². The highest BCUT2D eigenvalue weighted by Crippen LogP contribution is 2.16. The van der Waals surface area contributed by atoms with Gasteiger partial charge in [-0.1, -0.05) is 13.8 Å². The van der Waals surface area contributed by atoms with Gasteiger partial charge >= 0.3 is 0 Å². The van der Waals surface area contributed by atoms with Crippen molar-refractivity contribution in [2.75, 3.05) is 39.3 Å². The van der Waals surface area contributed by atoms with Crippen molar-refractivity contribution >= 4 is 5.91 Å². The number of likely N-dealkylation sites (tertiary alicyclic amines) is 1. The van der Waals surface area contributed by atoms with Crippen molar-refractivity contribution < 1.29 is 9.90 Å². The van der Waals surface area contributed by atoms with E-state index in [2.05, 4.69) is 17.1 Å². The highest BCUT2D eigenvalue weighted by Gasteiger charge is 2.21. The largest absolute Gasteiger partial charge is 0.390 e. The van der Waals surface area contributed by atoms with Crippen LogP contribution in [0, 0.1) is 5.92 Å². The molecule has 1 aliphatic heterocycles. The quantitative estimate of drug-likeness (QED) is 0.744. The van der Waals surface area contributed by atoms with Crippen LogP contribution < -0.4 is 5.32 Å². The van der Waals surface area contributed by atoms with Gasteiger partial charge in [0.05, 0.1) is 12.6 Å². The zero-order valence-electron chi connectivity index (χ0n) is 15.1. The lowest BCUT2D eigenvalue weighted by molar-refractivity contribution is -0.123. The molecule has 2 N–H and O–H groups in total. The molecule has 0 aromatic rings. The molecule has 1 atom stereocenters. The number of β-amino-alcohol motifs (C(OH)–C–C–N with tert-alkyl or cyclic N) is 1. The number of rotatable bonds is 7. The van der Waals surface area contributed by atoms with Crippen molar-refractivity contribution in [3.63, 3.8) is 0 Å². The molecule has 1 rings (SSSR count). The van der Waals surface area contributed by atoms with Gasteiger partial charge in [-0.3, -0.25) is 9.69 Å². The molecule has 0 aliphatic carbocycles. The van der Waals surface area contributed by atoms with Crippen LogP contribution in [0.2, 0.25) is 0 Å². The van der Waals surface area contributed by atoms with Gasteiger partial charge in [-0.25, -0.2) is 0 Å². The molecule has 0 bridgehead atoms. The predicted octanol–water partition coefficient (Wildman–Crippen LogP) is 1.32. The Balaban J connectivity index is 2.33. The van der Waals surface area contributed by atoms with E-state index in [1.807, 2.05) is 32.6 Å². The van der Waals surface area contributed by atoms with Gasteiger partial charge in [0.25, 0.3) is 0 Å². The molecule has 0 spiro atoms. The number of aliphatic hydroxyl groups is 1. The Bertz CT molecular complexity index is 333. The Morgan fingerprint density at radius 3 is 2.45 bits per heavy atom. The topological polar surface area (TPSA) is 55.8 Å². The smallest absolute Gasteiger partial charge is 0.234 e. The number of hydrogen-bond acceptors (Lipinski definition) is 4. The fourth-order valence-corrected chi connectivity index (χ4v) is 2.86. The Hall–Kier alpha value is -0.650. The minimum atomic E-state index is -0.393. The van der Waals surface area contributed by atoms with Gasteiger partial charge in [-0.2, -0.15) is 0 Å². The summed E-state index contributed by atoms with van der Waals surface area (Å²) in [7, 11) is 0. The maximum Gasteiger partial charge on any atom is 0.234 e. The molecule has 1 unspecified atom stereocenters. The van der Waals surface area contributed by atoms with E-state index in [1.165, 1.54) is 12.8 Å². The van der Waals surface area contributed by atoms with Crippen molar-refractivity contribution in [3.8, 4) is 0 Å². The molecule has 1 saturated heterocycles. The molecule has 22 heavy (non-hydrogen) atoms. The van der Waals surface area contributed by atoms with E-state index in [0.29, 0.717) is 19.6 Å². The highest BCUT2D eigenvalue weighted by atomic mass is 16.3. The van der Waals surface area contributed by atoms with Crippen LogP contribution in [0.25, 0.3) is 0 Å². The minimum Gasteiger partial charge on any atom is -0.390 e. The summed E-state index contributed by atoms with van der Waals surface area (Å²) >= 11 is 0. The number of carbonyl (C=O) groups excluding carboxylic acids is 1. The first kappa shape index (κ1) is 19.4. The molecule has 5 heteroatoms. The average Bonchev–Trinajstić information content (AvgIpc) is 2.38. The van der Waals surface area contributed by atoms with Crippen molar-refractivity contribution in [1.82, 2.24) is 15.1 Å². The van der Waals surface area contributed by atoms with E-state index < -0.39 is 6.10 Å². The van der Waals surface area contributed by atoms with Crippen LogP contribution >= 0.6 is 0 Å². The van der Waals surface area contributed by atoms with Gasteiger partial charge in [0.2, 0.25) is 5.91 Å². The number of amides is 1. The number of piperidine rings is 1. The van der Waals surface area contributed by atoms with Crippen molar-refractivity contribution in [3.05, 3.63) is 0 Å². The maximum atomic E-state index is 12.0. The van der Waals surface area contributed by atoms with Crippen LogP contribution in [0.5, 0.6) is 0 Å². The van der Waals surface area contributed by atoms with Gasteiger partial charge in [0, 0.05) is 18.6 Å². The van der Waals surface area contributed by atoms with E-state index >= 15 is 0 Å². The monoisotopic (exact) mass is 313 g/mol. The average molecular weight is 313 g/mol. The molecule has 1 aliphatic rings. The summed E-state index contributed by atoms with van der Waals surface area (Å²) in [6.45, 7) is 14.8. The fraction of sp³-hybridized carbons (Fsp3) is 0.941. The Kier molecular flexibility index (Phi) is 7.80. The van der Waals surface area contributed by atoms with E-state index in [0.717, 1.165) is 25.6 Å². The summed E-state index contributed by atoms with van der Waals surface area (Å²) in [4.78, 5) is 16.3. The van der Waals surface area contributed by atoms with E-state index in [1.54, 1.807) is 0 Å². The van der Waals surface area contributed by atoms with Crippen LogP contribution in [-0.2, 0) is 4.79 Å². The molecule has 130 valence electrons. The Morgan fingerprint density at radius 2 is 1.95 bits per heavy atom. The molecule has 1 fully saturated rings. The first-order chi connectivity index (χ1) is 10.2. The molecule has 0 aromatic carbocycles. The molecule has 0 aromatic heterocycles. The van der Waals surface area contributed by atoms with Gasteiger partial charge in [-0.15, -0.1) is 0 Å². The predicted molar refractivity (Wildman–Crippen MR) is 90.9 cm³/mol. The van der Waals surface area contributed by atoms with Gasteiger partial charge in [0.15, 0.2) is 0 Å². The van der Waals surface area contributed by atoms with Crippen LogP contribution in [0.3, 0.4) is 0 Å². The third kappa shape index (κ3) is 8.11. The minimum absolute atomic E-state index is 0.0216. The van der Waals surface area contributed by atoms with Crippen LogP contribution in [-0.4, -0.2) is 71.7 Å². The maximum absolute atomic E-state index is 12.0. The van der Waals surface area contributed by atoms with Crippen molar-refractivity contribution in [2.24, 2.45) is 5.92 Å². The molecule has 0 saturated carbocycles. The lowest BCUT2D eigenvalue weighted by Crippen LogP contribution is -2.48. The summed E-state index contributed by atoms with van der Waals surface area (Å²) in [5, 5.41) is 13.3. The number of hydrogen-bond donors (Lipinski definition) is 2. The molecule has 1 heterocycles. The second kappa shape index (κ2) is 8.85. The first-order valence-electron chi connectivity index (χ1n) is 8.63. The number of likely N-dealkylation sites (N-methyl/N-ethyl adjacent to an activating group) is 1. The molecular formula is C17H35N3O2. The third-order valence-electron chi connectivity index (χ3n) is 4.14. The zero-order chi connectivity index (χ0) is 16.8. The molecule has 1 amide bonds. The van der Waals surface area contributed by atoms with E-state index in [4.69, 9.17) is 0 Å². The number of carbonyl (C=O) groups is 1. The fourth-order valence-electron chi connectivity index (χ4n) is 2.86.